The Morgan fingerprint density at radius 3 is 2.00 bits per heavy atom. The number of terminal acetylenes is 1. The zero-order valence-corrected chi connectivity index (χ0v) is 16.5. The molecule has 0 unspecified atom stereocenters. The molecule has 0 aliphatic carbocycles. The largest absolute Gasteiger partial charge is 0.366 e. The Bertz CT molecular complexity index is 613. The Hall–Kier alpha value is -1.74. The predicted molar refractivity (Wildman–Crippen MR) is 105 cm³/mol. The number of rotatable bonds is 6. The lowest BCUT2D eigenvalue weighted by Crippen LogP contribution is -2.22. The van der Waals surface area contributed by atoms with Crippen molar-refractivity contribution in [3.05, 3.63) is 27.7 Å². The highest BCUT2D eigenvalue weighted by molar-refractivity contribution is 6.40. The molecule has 1 rings (SSSR count). The van der Waals surface area contributed by atoms with Crippen molar-refractivity contribution in [3.8, 4) is 12.3 Å². The molecule has 0 saturated heterocycles. The number of nitrogens with two attached hydrogens (primary N) is 1. The minimum absolute atomic E-state index is 0.181. The van der Waals surface area contributed by atoms with Gasteiger partial charge in [-0.1, -0.05) is 56.8 Å². The van der Waals surface area contributed by atoms with E-state index in [1.54, 1.807) is 13.8 Å². The lowest BCUT2D eigenvalue weighted by atomic mass is 10.1. The summed E-state index contributed by atoms with van der Waals surface area (Å²) < 4.78 is 0. The average molecular weight is 386 g/mol. The van der Waals surface area contributed by atoms with E-state index >= 15 is 0 Å². The molecule has 1 aromatic rings. The van der Waals surface area contributed by atoms with Crippen molar-refractivity contribution in [1.29, 1.82) is 0 Å². The summed E-state index contributed by atoms with van der Waals surface area (Å²) in [6.45, 7) is 10.6. The molecule has 2 amide bonds. The van der Waals surface area contributed by atoms with Gasteiger partial charge in [-0.05, 0) is 25.2 Å². The summed E-state index contributed by atoms with van der Waals surface area (Å²) in [5.41, 5.74) is 5.59. The smallest absolute Gasteiger partial charge is 0.248 e. The van der Waals surface area contributed by atoms with E-state index in [1.165, 1.54) is 12.1 Å². The molecular weight excluding hydrogens is 361 g/mol. The van der Waals surface area contributed by atoms with E-state index in [2.05, 4.69) is 30.0 Å². The summed E-state index contributed by atoms with van der Waals surface area (Å²) in [7, 11) is 0. The van der Waals surface area contributed by atoms with Crippen LogP contribution >= 0.6 is 23.2 Å². The number of benzene rings is 1. The summed E-state index contributed by atoms with van der Waals surface area (Å²) >= 11 is 11.8. The maximum absolute atomic E-state index is 11.5. The van der Waals surface area contributed by atoms with Gasteiger partial charge in [0.1, 0.15) is 0 Å². The lowest BCUT2D eigenvalue weighted by molar-refractivity contribution is -0.118. The Balaban J connectivity index is 0.000000609. The van der Waals surface area contributed by atoms with Crippen molar-refractivity contribution in [1.82, 2.24) is 4.90 Å². The van der Waals surface area contributed by atoms with E-state index in [1.807, 2.05) is 0 Å². The van der Waals surface area contributed by atoms with Crippen LogP contribution in [-0.2, 0) is 4.79 Å². The molecule has 0 atom stereocenters. The first-order chi connectivity index (χ1) is 11.7. The van der Waals surface area contributed by atoms with E-state index in [9.17, 15) is 9.59 Å². The van der Waals surface area contributed by atoms with Gasteiger partial charge >= 0.3 is 0 Å². The minimum atomic E-state index is -0.629. The maximum atomic E-state index is 11.5. The van der Waals surface area contributed by atoms with Crippen LogP contribution in [0.5, 0.6) is 0 Å². The second kappa shape index (κ2) is 11.8. The number of nitrogens with one attached hydrogen (secondary N) is 1. The lowest BCUT2D eigenvalue weighted by Gasteiger charge is -2.12. The number of halogens is 2. The normalized spacial score (nSPS) is 10.0. The number of anilines is 1. The molecule has 0 fully saturated rings. The number of carbonyl (C=O) groups excluding carboxylic acids is 2. The molecule has 138 valence electrons. The van der Waals surface area contributed by atoms with Gasteiger partial charge in [0.2, 0.25) is 11.8 Å². The molecule has 0 radical (unpaired) electrons. The Morgan fingerprint density at radius 1 is 1.24 bits per heavy atom. The molecule has 1 aromatic carbocycles. The van der Waals surface area contributed by atoms with Crippen molar-refractivity contribution >= 4 is 40.7 Å². The van der Waals surface area contributed by atoms with Crippen molar-refractivity contribution in [2.45, 2.75) is 27.7 Å². The number of nitrogens with zero attached hydrogens (tertiary/aromatic N) is 1. The van der Waals surface area contributed by atoms with E-state index in [-0.39, 0.29) is 33.1 Å². The van der Waals surface area contributed by atoms with Crippen molar-refractivity contribution in [2.75, 3.05) is 25.0 Å². The quantitative estimate of drug-likeness (QED) is 0.733. The van der Waals surface area contributed by atoms with Gasteiger partial charge in [-0.15, -0.1) is 6.42 Å². The van der Waals surface area contributed by atoms with Gasteiger partial charge in [-0.3, -0.25) is 14.5 Å². The van der Waals surface area contributed by atoms with Gasteiger partial charge in [-0.25, -0.2) is 0 Å². The molecule has 5 nitrogen and oxygen atoms in total. The SMILES string of the molecule is C#CCN(CC)CC.CC(C)C(=O)Nc1c(Cl)cc(C(N)=O)cc1Cl. The predicted octanol–water partition coefficient (Wildman–Crippen LogP) is 3.65. The molecule has 7 heteroatoms. The zero-order chi connectivity index (χ0) is 19.6. The first-order valence-corrected chi connectivity index (χ1v) is 8.68. The highest BCUT2D eigenvalue weighted by Crippen LogP contribution is 2.32. The van der Waals surface area contributed by atoms with Crippen LogP contribution < -0.4 is 11.1 Å². The molecular formula is C18H25Cl2N3O2. The summed E-state index contributed by atoms with van der Waals surface area (Å²) in [5, 5.41) is 2.95. The number of amides is 2. The third-order valence-electron chi connectivity index (χ3n) is 3.31. The number of carbonyl (C=O) groups is 2. The molecule has 25 heavy (non-hydrogen) atoms. The van der Waals surface area contributed by atoms with Crippen molar-refractivity contribution in [2.24, 2.45) is 11.7 Å². The first-order valence-electron chi connectivity index (χ1n) is 7.93. The topological polar surface area (TPSA) is 75.4 Å². The Morgan fingerprint density at radius 2 is 1.72 bits per heavy atom. The van der Waals surface area contributed by atoms with E-state index in [0.717, 1.165) is 19.6 Å². The fourth-order valence-corrected chi connectivity index (χ4v) is 2.26. The third kappa shape index (κ3) is 8.26. The van der Waals surface area contributed by atoms with Crippen LogP contribution in [0.3, 0.4) is 0 Å². The van der Waals surface area contributed by atoms with Crippen molar-refractivity contribution < 1.29 is 9.59 Å². The van der Waals surface area contributed by atoms with Crippen molar-refractivity contribution in [3.63, 3.8) is 0 Å². The van der Waals surface area contributed by atoms with Crippen LogP contribution in [0.2, 0.25) is 10.0 Å². The minimum Gasteiger partial charge on any atom is -0.366 e. The van der Waals surface area contributed by atoms with Crippen LogP contribution in [0.1, 0.15) is 38.1 Å². The molecule has 3 N–H and O–H groups in total. The summed E-state index contributed by atoms with van der Waals surface area (Å²) in [6.07, 6.45) is 5.09. The zero-order valence-electron chi connectivity index (χ0n) is 15.0. The van der Waals surface area contributed by atoms with Gasteiger partial charge in [0.05, 0.1) is 22.3 Å². The van der Waals surface area contributed by atoms with Gasteiger partial charge in [0, 0.05) is 11.5 Å². The highest BCUT2D eigenvalue weighted by Gasteiger charge is 2.15. The number of hydrogen-bond donors (Lipinski definition) is 2. The van der Waals surface area contributed by atoms with Gasteiger partial charge in [0.25, 0.3) is 0 Å². The van der Waals surface area contributed by atoms with Crippen LogP contribution in [0.25, 0.3) is 0 Å². The van der Waals surface area contributed by atoms with Gasteiger partial charge in [0.15, 0.2) is 0 Å². The maximum Gasteiger partial charge on any atom is 0.248 e. The Labute approximate surface area is 159 Å². The summed E-state index contributed by atoms with van der Waals surface area (Å²) in [6, 6.07) is 2.73. The molecule has 0 aliphatic heterocycles. The average Bonchev–Trinajstić information content (AvgIpc) is 2.55. The Kier molecular flexibility index (Phi) is 10.9. The summed E-state index contributed by atoms with van der Waals surface area (Å²) in [4.78, 5) is 24.7. The highest BCUT2D eigenvalue weighted by atomic mass is 35.5. The molecule has 0 saturated carbocycles. The third-order valence-corrected chi connectivity index (χ3v) is 3.90. The second-order valence-corrected chi connectivity index (χ2v) is 6.30. The summed E-state index contributed by atoms with van der Waals surface area (Å²) in [5.74, 6) is 1.56. The fourth-order valence-electron chi connectivity index (χ4n) is 1.68. The van der Waals surface area contributed by atoms with Crippen LogP contribution in [0, 0.1) is 18.3 Å². The second-order valence-electron chi connectivity index (χ2n) is 5.49. The van der Waals surface area contributed by atoms with E-state index < -0.39 is 5.91 Å². The first kappa shape index (κ1) is 23.3. The number of hydrogen-bond acceptors (Lipinski definition) is 3. The molecule has 0 heterocycles. The molecule has 0 bridgehead atoms. The monoisotopic (exact) mass is 385 g/mol. The number of primary amides is 1. The molecule has 0 aliphatic rings. The van der Waals surface area contributed by atoms with Crippen LogP contribution in [0.15, 0.2) is 12.1 Å². The van der Waals surface area contributed by atoms with E-state index in [0.29, 0.717) is 0 Å². The fraction of sp³-hybridized carbons (Fsp3) is 0.444. The van der Waals surface area contributed by atoms with Gasteiger partial charge < -0.3 is 11.1 Å². The standard InChI is InChI=1S/C11H12Cl2N2O2.C7H13N/c1-5(2)11(17)15-9-7(12)3-6(10(14)16)4-8(9)13;1-4-7-8(5-2)6-3/h3-5H,1-2H3,(H2,14,16)(H,15,17);1H,5-7H2,2-3H3. The molecule has 0 spiro atoms. The van der Waals surface area contributed by atoms with Crippen LogP contribution in [0.4, 0.5) is 5.69 Å². The molecule has 0 aromatic heterocycles. The van der Waals surface area contributed by atoms with Gasteiger partial charge in [-0.2, -0.15) is 0 Å². The van der Waals surface area contributed by atoms with E-state index in [4.69, 9.17) is 35.4 Å². The van der Waals surface area contributed by atoms with Crippen LogP contribution in [-0.4, -0.2) is 36.3 Å².